The summed E-state index contributed by atoms with van der Waals surface area (Å²) in [6, 6.07) is 13.3. The Labute approximate surface area is 248 Å². The molecule has 0 bridgehead atoms. The molecule has 1 saturated heterocycles. The normalized spacial score (nSPS) is 15.1. The van der Waals surface area contributed by atoms with E-state index in [1.54, 1.807) is 57.7 Å². The van der Waals surface area contributed by atoms with Gasteiger partial charge in [0.05, 0.1) is 25.4 Å². The number of urea groups is 1. The smallest absolute Gasteiger partial charge is 0.331 e. The average molecular weight is 587 g/mol. The van der Waals surface area contributed by atoms with Gasteiger partial charge in [-0.25, -0.2) is 14.1 Å². The number of pyridine rings is 1. The van der Waals surface area contributed by atoms with Crippen LogP contribution in [-0.4, -0.2) is 55.0 Å². The number of aromatic nitrogens is 1. The van der Waals surface area contributed by atoms with Crippen molar-refractivity contribution >= 4 is 40.1 Å². The number of hydrogen-bond acceptors (Lipinski definition) is 7. The van der Waals surface area contributed by atoms with Crippen molar-refractivity contribution in [3.8, 4) is 23.0 Å². The highest BCUT2D eigenvalue weighted by Crippen LogP contribution is 2.39. The Hall–Kier alpha value is -5.19. The maximum Gasteiger partial charge on any atom is 0.331 e. The fraction of sp³-hybridized carbons (Fsp3) is 0.250. The van der Waals surface area contributed by atoms with E-state index >= 15 is 0 Å². The third-order valence-electron chi connectivity index (χ3n) is 7.31. The van der Waals surface area contributed by atoms with Crippen LogP contribution in [-0.2, 0) is 9.59 Å². The summed E-state index contributed by atoms with van der Waals surface area (Å²) in [5.74, 6) is -0.646. The molecule has 3 aromatic carbocycles. The van der Waals surface area contributed by atoms with Crippen LogP contribution in [0.3, 0.4) is 0 Å². The first kappa shape index (κ1) is 29.3. The van der Waals surface area contributed by atoms with Gasteiger partial charge in [-0.2, -0.15) is 0 Å². The molecular formula is C32H31FN4O6. The number of anilines is 2. The number of nitrogens with one attached hydrogen (secondary N) is 1. The lowest BCUT2D eigenvalue weighted by atomic mass is 10.0. The van der Waals surface area contributed by atoms with Gasteiger partial charge < -0.3 is 24.4 Å². The largest absolute Gasteiger partial charge is 0.493 e. The van der Waals surface area contributed by atoms with E-state index in [9.17, 15) is 18.8 Å². The number of amides is 4. The van der Waals surface area contributed by atoms with Gasteiger partial charge in [0.2, 0.25) is 11.8 Å². The minimum Gasteiger partial charge on any atom is -0.493 e. The molecule has 10 nitrogen and oxygen atoms in total. The van der Waals surface area contributed by atoms with Crippen molar-refractivity contribution in [3.63, 3.8) is 0 Å². The van der Waals surface area contributed by atoms with Gasteiger partial charge in [0.15, 0.2) is 11.5 Å². The maximum atomic E-state index is 13.5. The number of hydrogen-bond donors (Lipinski definition) is 1. The molecule has 1 N–H and O–H groups in total. The Morgan fingerprint density at radius 2 is 1.63 bits per heavy atom. The van der Waals surface area contributed by atoms with Gasteiger partial charge in [0, 0.05) is 36.4 Å². The van der Waals surface area contributed by atoms with Gasteiger partial charge in [-0.15, -0.1) is 0 Å². The van der Waals surface area contributed by atoms with Gasteiger partial charge >= 0.3 is 6.03 Å². The van der Waals surface area contributed by atoms with Gasteiger partial charge in [0.25, 0.3) is 0 Å². The molecule has 2 heterocycles. The molecule has 1 aliphatic heterocycles. The number of aryl methyl sites for hydroxylation is 2. The van der Waals surface area contributed by atoms with Gasteiger partial charge in [-0.3, -0.25) is 14.6 Å². The first-order valence-electron chi connectivity index (χ1n) is 13.6. The van der Waals surface area contributed by atoms with Crippen LogP contribution in [0, 0.1) is 25.6 Å². The van der Waals surface area contributed by atoms with Crippen LogP contribution in [0.15, 0.2) is 60.8 Å². The molecular weight excluding hydrogens is 555 g/mol. The summed E-state index contributed by atoms with van der Waals surface area (Å²) in [7, 11) is 3.11. The van der Waals surface area contributed by atoms with Crippen molar-refractivity contribution in [2.24, 2.45) is 5.92 Å². The minimum absolute atomic E-state index is 0.0692. The number of methoxy groups -OCH3 is 2. The van der Waals surface area contributed by atoms with Crippen LogP contribution in [0.4, 0.5) is 20.6 Å². The molecule has 222 valence electrons. The molecule has 0 aliphatic carbocycles. The van der Waals surface area contributed by atoms with Crippen molar-refractivity contribution in [3.05, 3.63) is 77.7 Å². The second-order valence-corrected chi connectivity index (χ2v) is 10.1. The summed E-state index contributed by atoms with van der Waals surface area (Å²) >= 11 is 0. The van der Waals surface area contributed by atoms with Gasteiger partial charge in [0.1, 0.15) is 23.2 Å². The third kappa shape index (κ3) is 5.66. The Morgan fingerprint density at radius 1 is 0.977 bits per heavy atom. The number of nitrogens with zero attached hydrogens (tertiary/aromatic N) is 3. The molecule has 1 fully saturated rings. The predicted molar refractivity (Wildman–Crippen MR) is 159 cm³/mol. The zero-order chi connectivity index (χ0) is 30.8. The third-order valence-corrected chi connectivity index (χ3v) is 7.31. The second kappa shape index (κ2) is 12.0. The Balaban J connectivity index is 1.39. The first-order chi connectivity index (χ1) is 20.6. The Kier molecular flexibility index (Phi) is 8.16. The quantitative estimate of drug-likeness (QED) is 0.258. The average Bonchev–Trinajstić information content (AvgIpc) is 2.99. The van der Waals surface area contributed by atoms with Crippen LogP contribution >= 0.6 is 0 Å². The lowest BCUT2D eigenvalue weighted by Crippen LogP contribution is -2.59. The Morgan fingerprint density at radius 3 is 2.26 bits per heavy atom. The zero-order valence-corrected chi connectivity index (χ0v) is 24.4. The molecule has 0 radical (unpaired) electrons. The maximum absolute atomic E-state index is 13.5. The van der Waals surface area contributed by atoms with E-state index in [0.717, 1.165) is 33.5 Å². The molecule has 0 spiro atoms. The summed E-state index contributed by atoms with van der Waals surface area (Å²) in [5, 5.41) is 3.56. The lowest BCUT2D eigenvalue weighted by Gasteiger charge is -2.37. The van der Waals surface area contributed by atoms with Gasteiger partial charge in [-0.05, 0) is 80.4 Å². The molecule has 0 saturated carbocycles. The van der Waals surface area contributed by atoms with E-state index in [0.29, 0.717) is 40.7 Å². The van der Waals surface area contributed by atoms with Crippen LogP contribution < -0.4 is 24.4 Å². The lowest BCUT2D eigenvalue weighted by molar-refractivity contribution is -0.132. The number of benzene rings is 3. The molecule has 5 rings (SSSR count). The standard InChI is InChI=1S/C32H31FN4O6/c1-6-36-17-24(31(39)37(32(36)40)22-9-7-20(33)8-10-22)30(38)35-21-13-18(2)29(19(3)14-21)43-26-11-12-34-25-16-28(42-5)27(41-4)15-23(25)26/h7-16,24H,6,17H2,1-5H3,(H,35,38). The molecule has 1 unspecified atom stereocenters. The van der Waals surface area contributed by atoms with Crippen molar-refractivity contribution in [2.75, 3.05) is 37.5 Å². The number of fused-ring (bicyclic) bond motifs is 1. The highest BCUT2D eigenvalue weighted by molar-refractivity contribution is 6.23. The zero-order valence-electron chi connectivity index (χ0n) is 24.4. The monoisotopic (exact) mass is 586 g/mol. The number of carbonyl (C=O) groups excluding carboxylic acids is 3. The second-order valence-electron chi connectivity index (χ2n) is 10.1. The topological polar surface area (TPSA) is 110 Å². The number of carbonyl (C=O) groups is 3. The summed E-state index contributed by atoms with van der Waals surface area (Å²) in [4.78, 5) is 46.5. The molecule has 1 atom stereocenters. The van der Waals surface area contributed by atoms with E-state index < -0.39 is 29.6 Å². The van der Waals surface area contributed by atoms with Crippen molar-refractivity contribution in [1.82, 2.24) is 9.88 Å². The molecule has 1 aromatic heterocycles. The van der Waals surface area contributed by atoms with E-state index in [1.807, 2.05) is 13.8 Å². The fourth-order valence-corrected chi connectivity index (χ4v) is 5.11. The molecule has 4 amide bonds. The van der Waals surface area contributed by atoms with Crippen LogP contribution in [0.25, 0.3) is 10.9 Å². The summed E-state index contributed by atoms with van der Waals surface area (Å²) in [5.41, 5.74) is 2.82. The summed E-state index contributed by atoms with van der Waals surface area (Å²) < 4.78 is 30.7. The number of rotatable bonds is 8. The van der Waals surface area contributed by atoms with Crippen LogP contribution in [0.5, 0.6) is 23.0 Å². The molecule has 11 heteroatoms. The molecule has 1 aliphatic rings. The highest BCUT2D eigenvalue weighted by atomic mass is 19.1. The van der Waals surface area contributed by atoms with Crippen LogP contribution in [0.1, 0.15) is 18.1 Å². The van der Waals surface area contributed by atoms with E-state index in [1.165, 1.54) is 17.0 Å². The molecule has 43 heavy (non-hydrogen) atoms. The summed E-state index contributed by atoms with van der Waals surface area (Å²) in [6.07, 6.45) is 1.64. The number of imide groups is 1. The Bertz CT molecular complexity index is 1700. The number of ether oxygens (including phenoxy) is 3. The van der Waals surface area contributed by atoms with Crippen LogP contribution in [0.2, 0.25) is 0 Å². The van der Waals surface area contributed by atoms with Gasteiger partial charge in [-0.1, -0.05) is 0 Å². The minimum atomic E-state index is -1.16. The van der Waals surface area contributed by atoms with E-state index in [-0.39, 0.29) is 12.2 Å². The summed E-state index contributed by atoms with van der Waals surface area (Å²) in [6.45, 7) is 5.69. The SMILES string of the molecule is CCN1CC(C(=O)Nc2cc(C)c(Oc3ccnc4cc(OC)c(OC)cc34)c(C)c2)C(=O)N(c2ccc(F)cc2)C1=O. The molecule has 4 aromatic rings. The number of halogens is 1. The van der Waals surface area contributed by atoms with Crippen molar-refractivity contribution < 1.29 is 33.0 Å². The van der Waals surface area contributed by atoms with E-state index in [4.69, 9.17) is 14.2 Å². The van der Waals surface area contributed by atoms with Crippen molar-refractivity contribution in [1.29, 1.82) is 0 Å². The highest BCUT2D eigenvalue weighted by Gasteiger charge is 2.43. The fourth-order valence-electron chi connectivity index (χ4n) is 5.11. The first-order valence-corrected chi connectivity index (χ1v) is 13.6. The van der Waals surface area contributed by atoms with E-state index in [2.05, 4.69) is 10.3 Å². The predicted octanol–water partition coefficient (Wildman–Crippen LogP) is 5.84. The van der Waals surface area contributed by atoms with Crippen molar-refractivity contribution in [2.45, 2.75) is 20.8 Å².